The molecule has 2 atom stereocenters. The van der Waals surface area contributed by atoms with E-state index in [9.17, 15) is 15.0 Å². The van der Waals surface area contributed by atoms with Crippen LogP contribution in [0.1, 0.15) is 59.1 Å². The molecule has 24 heavy (non-hydrogen) atoms. The van der Waals surface area contributed by atoms with Crippen LogP contribution in [-0.4, -0.2) is 34.5 Å². The Kier molecular flexibility index (Phi) is 7.35. The van der Waals surface area contributed by atoms with Crippen molar-refractivity contribution in [2.24, 2.45) is 0 Å². The highest BCUT2D eigenvalue weighted by Crippen LogP contribution is 2.32. The molecular weight excluding hydrogens is 308 g/mol. The lowest BCUT2D eigenvalue weighted by molar-refractivity contribution is 0.0521. The maximum absolute atomic E-state index is 11.8. The molecule has 0 spiro atoms. The molecule has 6 nitrogen and oxygen atoms in total. The molecule has 6 heteroatoms. The molecular formula is C18H30N2O4. The van der Waals surface area contributed by atoms with E-state index in [0.717, 1.165) is 12.8 Å². The molecule has 0 aliphatic rings. The Labute approximate surface area is 144 Å². The van der Waals surface area contributed by atoms with Gasteiger partial charge in [-0.05, 0) is 46.2 Å². The number of amides is 1. The van der Waals surface area contributed by atoms with Crippen molar-refractivity contribution >= 4 is 6.09 Å². The van der Waals surface area contributed by atoms with Crippen molar-refractivity contribution in [1.82, 2.24) is 10.6 Å². The predicted octanol–water partition coefficient (Wildman–Crippen LogP) is 3.44. The standard InChI is InChI=1S/C18H30N2O4/c1-6-8-13(11-19-17(23)24-18(3,4)5)20-12(2)16-14(21)9-7-10-15(16)22/h7,9-10,12-13,20-22H,6,8,11H2,1-5H3,(H,19,23). The Morgan fingerprint density at radius 3 is 2.33 bits per heavy atom. The molecule has 136 valence electrons. The van der Waals surface area contributed by atoms with Gasteiger partial charge in [0.15, 0.2) is 0 Å². The van der Waals surface area contributed by atoms with Gasteiger partial charge in [-0.2, -0.15) is 0 Å². The average Bonchev–Trinajstić information content (AvgIpc) is 2.43. The number of carbonyl (C=O) groups is 1. The largest absolute Gasteiger partial charge is 0.507 e. The quantitative estimate of drug-likeness (QED) is 0.611. The zero-order valence-corrected chi connectivity index (χ0v) is 15.2. The molecule has 1 amide bonds. The van der Waals surface area contributed by atoms with Gasteiger partial charge in [-0.25, -0.2) is 4.79 Å². The minimum absolute atomic E-state index is 0.00322. The van der Waals surface area contributed by atoms with Gasteiger partial charge in [-0.1, -0.05) is 19.4 Å². The first-order valence-electron chi connectivity index (χ1n) is 8.37. The van der Waals surface area contributed by atoms with E-state index in [4.69, 9.17) is 4.74 Å². The summed E-state index contributed by atoms with van der Waals surface area (Å²) in [5.41, 5.74) is -0.0805. The number of aromatic hydroxyl groups is 2. The Hall–Kier alpha value is -1.95. The minimum atomic E-state index is -0.535. The SMILES string of the molecule is CCCC(CNC(=O)OC(C)(C)C)NC(C)c1c(O)cccc1O. The molecule has 0 bridgehead atoms. The van der Waals surface area contributed by atoms with Gasteiger partial charge < -0.3 is 25.6 Å². The summed E-state index contributed by atoms with van der Waals surface area (Å²) >= 11 is 0. The van der Waals surface area contributed by atoms with Crippen molar-refractivity contribution in [3.8, 4) is 11.5 Å². The van der Waals surface area contributed by atoms with Gasteiger partial charge in [0.1, 0.15) is 17.1 Å². The predicted molar refractivity (Wildman–Crippen MR) is 94.3 cm³/mol. The van der Waals surface area contributed by atoms with Crippen LogP contribution in [-0.2, 0) is 4.74 Å². The van der Waals surface area contributed by atoms with Crippen molar-refractivity contribution in [1.29, 1.82) is 0 Å². The molecule has 0 aliphatic carbocycles. The lowest BCUT2D eigenvalue weighted by Gasteiger charge is -2.26. The number of phenols is 2. The van der Waals surface area contributed by atoms with Crippen LogP contribution < -0.4 is 10.6 Å². The summed E-state index contributed by atoms with van der Waals surface area (Å²) in [4.78, 5) is 11.8. The highest BCUT2D eigenvalue weighted by Gasteiger charge is 2.20. The van der Waals surface area contributed by atoms with E-state index in [1.165, 1.54) is 0 Å². The van der Waals surface area contributed by atoms with Crippen molar-refractivity contribution < 1.29 is 19.7 Å². The maximum atomic E-state index is 11.8. The Morgan fingerprint density at radius 2 is 1.83 bits per heavy atom. The Bertz CT molecular complexity index is 520. The third-order valence-electron chi connectivity index (χ3n) is 3.51. The molecule has 0 saturated heterocycles. The number of ether oxygens (including phenoxy) is 1. The van der Waals surface area contributed by atoms with E-state index in [-0.39, 0.29) is 23.6 Å². The molecule has 2 unspecified atom stereocenters. The van der Waals surface area contributed by atoms with Crippen LogP contribution in [0.15, 0.2) is 18.2 Å². The fourth-order valence-corrected chi connectivity index (χ4v) is 2.54. The third-order valence-corrected chi connectivity index (χ3v) is 3.51. The second-order valence-electron chi connectivity index (χ2n) is 6.97. The molecule has 0 radical (unpaired) electrons. The number of hydrogen-bond acceptors (Lipinski definition) is 5. The second kappa shape index (κ2) is 8.78. The maximum Gasteiger partial charge on any atom is 0.407 e. The lowest BCUT2D eigenvalue weighted by atomic mass is 10.0. The van der Waals surface area contributed by atoms with E-state index in [1.807, 2.05) is 27.7 Å². The number of nitrogens with one attached hydrogen (secondary N) is 2. The molecule has 0 aliphatic heterocycles. The molecule has 0 fully saturated rings. The lowest BCUT2D eigenvalue weighted by Crippen LogP contribution is -2.43. The van der Waals surface area contributed by atoms with Crippen LogP contribution >= 0.6 is 0 Å². The smallest absolute Gasteiger partial charge is 0.407 e. The topological polar surface area (TPSA) is 90.8 Å². The second-order valence-corrected chi connectivity index (χ2v) is 6.97. The molecule has 1 aromatic carbocycles. The van der Waals surface area contributed by atoms with Crippen LogP contribution in [0.3, 0.4) is 0 Å². The average molecular weight is 338 g/mol. The van der Waals surface area contributed by atoms with Crippen molar-refractivity contribution in [3.63, 3.8) is 0 Å². The number of phenolic OH excluding ortho intramolecular Hbond substituents is 2. The number of benzene rings is 1. The van der Waals surface area contributed by atoms with Gasteiger partial charge in [-0.3, -0.25) is 0 Å². The summed E-state index contributed by atoms with van der Waals surface area (Å²) in [6, 6.07) is 4.41. The number of alkyl carbamates (subject to hydrolysis) is 1. The van der Waals surface area contributed by atoms with Gasteiger partial charge in [0.25, 0.3) is 0 Å². The zero-order valence-electron chi connectivity index (χ0n) is 15.2. The third kappa shape index (κ3) is 6.66. The van der Waals surface area contributed by atoms with Gasteiger partial charge in [-0.15, -0.1) is 0 Å². The summed E-state index contributed by atoms with van der Waals surface area (Å²) in [6.07, 6.45) is 1.32. The normalized spacial score (nSPS) is 14.0. The van der Waals surface area contributed by atoms with Gasteiger partial charge in [0, 0.05) is 18.6 Å². The summed E-state index contributed by atoms with van der Waals surface area (Å²) in [6.45, 7) is 9.78. The zero-order chi connectivity index (χ0) is 18.3. The van der Waals surface area contributed by atoms with Crippen molar-refractivity contribution in [2.75, 3.05) is 6.54 Å². The van der Waals surface area contributed by atoms with Gasteiger partial charge in [0.05, 0.1) is 5.56 Å². The van der Waals surface area contributed by atoms with E-state index < -0.39 is 11.7 Å². The highest BCUT2D eigenvalue weighted by atomic mass is 16.6. The molecule has 0 saturated carbocycles. The Morgan fingerprint density at radius 1 is 1.25 bits per heavy atom. The van der Waals surface area contributed by atoms with Crippen LogP contribution in [0.25, 0.3) is 0 Å². The van der Waals surface area contributed by atoms with Gasteiger partial charge in [0.2, 0.25) is 0 Å². The van der Waals surface area contributed by atoms with Crippen molar-refractivity contribution in [2.45, 2.75) is 65.1 Å². The van der Waals surface area contributed by atoms with Crippen molar-refractivity contribution in [3.05, 3.63) is 23.8 Å². The number of hydrogen-bond donors (Lipinski definition) is 4. The van der Waals surface area contributed by atoms with E-state index in [0.29, 0.717) is 12.1 Å². The number of carbonyl (C=O) groups excluding carboxylic acids is 1. The van der Waals surface area contributed by atoms with E-state index in [2.05, 4.69) is 17.6 Å². The molecule has 4 N–H and O–H groups in total. The highest BCUT2D eigenvalue weighted by molar-refractivity contribution is 5.67. The van der Waals surface area contributed by atoms with Crippen LogP contribution in [0.5, 0.6) is 11.5 Å². The minimum Gasteiger partial charge on any atom is -0.507 e. The first-order valence-corrected chi connectivity index (χ1v) is 8.37. The fraction of sp³-hybridized carbons (Fsp3) is 0.611. The summed E-state index contributed by atoms with van der Waals surface area (Å²) < 4.78 is 5.24. The summed E-state index contributed by atoms with van der Waals surface area (Å²) in [7, 11) is 0. The van der Waals surface area contributed by atoms with Crippen LogP contribution in [0, 0.1) is 0 Å². The summed E-state index contributed by atoms with van der Waals surface area (Å²) in [5, 5.41) is 26.0. The van der Waals surface area contributed by atoms with Gasteiger partial charge >= 0.3 is 6.09 Å². The first kappa shape index (κ1) is 20.1. The molecule has 0 heterocycles. The molecule has 1 rings (SSSR count). The summed E-state index contributed by atoms with van der Waals surface area (Å²) in [5.74, 6) is 0.0932. The monoisotopic (exact) mass is 338 g/mol. The number of rotatable bonds is 7. The van der Waals surface area contributed by atoms with Crippen LogP contribution in [0.2, 0.25) is 0 Å². The molecule has 1 aromatic rings. The van der Waals surface area contributed by atoms with E-state index >= 15 is 0 Å². The first-order chi connectivity index (χ1) is 11.1. The Balaban J connectivity index is 2.67. The van der Waals surface area contributed by atoms with E-state index in [1.54, 1.807) is 18.2 Å². The van der Waals surface area contributed by atoms with Crippen LogP contribution in [0.4, 0.5) is 4.79 Å². The molecule has 0 aromatic heterocycles. The fourth-order valence-electron chi connectivity index (χ4n) is 2.54.